The summed E-state index contributed by atoms with van der Waals surface area (Å²) < 4.78 is 0. The lowest BCUT2D eigenvalue weighted by molar-refractivity contribution is -0.141. The summed E-state index contributed by atoms with van der Waals surface area (Å²) in [7, 11) is 0. The zero-order chi connectivity index (χ0) is 14.9. The number of nitrogens with zero attached hydrogens (tertiary/aromatic N) is 1. The molecule has 0 radical (unpaired) electrons. The van der Waals surface area contributed by atoms with E-state index < -0.39 is 24.1 Å². The summed E-state index contributed by atoms with van der Waals surface area (Å²) in [5, 5.41) is 21.4. The van der Waals surface area contributed by atoms with E-state index >= 15 is 0 Å². The summed E-state index contributed by atoms with van der Waals surface area (Å²) in [5.41, 5.74) is 0. The molecular formula is C13H18N2O4S. The van der Waals surface area contributed by atoms with Gasteiger partial charge in [0.2, 0.25) is 0 Å². The van der Waals surface area contributed by atoms with Crippen molar-refractivity contribution in [2.45, 2.75) is 38.5 Å². The lowest BCUT2D eigenvalue weighted by atomic mass is 10.2. The SMILES string of the molecule is Cc1ccc(C(C)NC(=O)N2C[C@@H](O)C[C@H]2C(=O)O)s1. The summed E-state index contributed by atoms with van der Waals surface area (Å²) in [6.45, 7) is 3.89. The molecule has 1 unspecified atom stereocenters. The van der Waals surface area contributed by atoms with Crippen LogP contribution in [0.15, 0.2) is 12.1 Å². The van der Waals surface area contributed by atoms with Crippen molar-refractivity contribution in [2.75, 3.05) is 6.54 Å². The number of carbonyl (C=O) groups is 2. The van der Waals surface area contributed by atoms with Gasteiger partial charge in [0.15, 0.2) is 0 Å². The van der Waals surface area contributed by atoms with Crippen molar-refractivity contribution in [2.24, 2.45) is 0 Å². The molecule has 0 saturated carbocycles. The smallest absolute Gasteiger partial charge is 0.326 e. The van der Waals surface area contributed by atoms with Crippen LogP contribution in [0.3, 0.4) is 0 Å². The average Bonchev–Trinajstić information content (AvgIpc) is 2.95. The molecule has 1 saturated heterocycles. The number of rotatable bonds is 3. The highest BCUT2D eigenvalue weighted by Gasteiger charge is 2.39. The standard InChI is InChI=1S/C13H18N2O4S/c1-7-3-4-11(20-7)8(2)14-13(19)15-6-9(16)5-10(15)12(17)18/h3-4,8-10,16H,5-6H2,1-2H3,(H,14,19)(H,17,18)/t8?,9-,10-/m0/s1. The van der Waals surface area contributed by atoms with E-state index in [2.05, 4.69) is 5.32 Å². The van der Waals surface area contributed by atoms with Crippen molar-refractivity contribution in [3.8, 4) is 0 Å². The molecule has 1 aromatic rings. The number of carboxylic acid groups (broad SMARTS) is 1. The van der Waals surface area contributed by atoms with Gasteiger partial charge in [-0.25, -0.2) is 9.59 Å². The Balaban J connectivity index is 2.02. The van der Waals surface area contributed by atoms with Crippen LogP contribution in [0.25, 0.3) is 0 Å². The molecule has 0 spiro atoms. The van der Waals surface area contributed by atoms with Crippen LogP contribution in [0.2, 0.25) is 0 Å². The Morgan fingerprint density at radius 2 is 2.20 bits per heavy atom. The van der Waals surface area contributed by atoms with Crippen molar-refractivity contribution in [3.63, 3.8) is 0 Å². The number of aryl methyl sites for hydroxylation is 1. The molecule has 0 aliphatic carbocycles. The fraction of sp³-hybridized carbons (Fsp3) is 0.538. The normalized spacial score (nSPS) is 23.6. The highest BCUT2D eigenvalue weighted by atomic mass is 32.1. The zero-order valence-corrected chi connectivity index (χ0v) is 12.2. The van der Waals surface area contributed by atoms with E-state index in [0.717, 1.165) is 9.75 Å². The van der Waals surface area contributed by atoms with Gasteiger partial charge in [-0.05, 0) is 26.0 Å². The first-order valence-electron chi connectivity index (χ1n) is 6.43. The topological polar surface area (TPSA) is 89.9 Å². The number of hydrogen-bond acceptors (Lipinski definition) is 4. The molecule has 2 rings (SSSR count). The number of aliphatic carboxylic acids is 1. The molecule has 110 valence electrons. The predicted octanol–water partition coefficient (Wildman–Crippen LogP) is 1.35. The molecule has 20 heavy (non-hydrogen) atoms. The van der Waals surface area contributed by atoms with Gasteiger partial charge in [0.25, 0.3) is 0 Å². The van der Waals surface area contributed by atoms with Crippen LogP contribution >= 0.6 is 11.3 Å². The van der Waals surface area contributed by atoms with Gasteiger partial charge in [0, 0.05) is 22.7 Å². The van der Waals surface area contributed by atoms with Crippen molar-refractivity contribution < 1.29 is 19.8 Å². The Labute approximate surface area is 121 Å². The number of thiophene rings is 1. The number of urea groups is 1. The molecule has 3 N–H and O–H groups in total. The summed E-state index contributed by atoms with van der Waals surface area (Å²) >= 11 is 1.59. The van der Waals surface area contributed by atoms with Crippen LogP contribution < -0.4 is 5.32 Å². The monoisotopic (exact) mass is 298 g/mol. The Morgan fingerprint density at radius 1 is 1.50 bits per heavy atom. The van der Waals surface area contributed by atoms with Crippen LogP contribution in [0.1, 0.15) is 29.1 Å². The molecule has 1 aromatic heterocycles. The molecule has 0 aromatic carbocycles. The van der Waals surface area contributed by atoms with Gasteiger partial charge in [-0.2, -0.15) is 0 Å². The van der Waals surface area contributed by atoms with Crippen molar-refractivity contribution >= 4 is 23.3 Å². The summed E-state index contributed by atoms with van der Waals surface area (Å²) in [6, 6.07) is 2.32. The minimum atomic E-state index is -1.09. The van der Waals surface area contributed by atoms with E-state index in [1.54, 1.807) is 11.3 Å². The Kier molecular flexibility index (Phi) is 4.29. The van der Waals surface area contributed by atoms with Crippen LogP contribution in [-0.2, 0) is 4.79 Å². The molecule has 6 nitrogen and oxygen atoms in total. The van der Waals surface area contributed by atoms with Crippen LogP contribution in [0.5, 0.6) is 0 Å². The highest BCUT2D eigenvalue weighted by molar-refractivity contribution is 7.12. The van der Waals surface area contributed by atoms with E-state index in [1.807, 2.05) is 26.0 Å². The maximum absolute atomic E-state index is 12.1. The van der Waals surface area contributed by atoms with E-state index in [-0.39, 0.29) is 19.0 Å². The third-order valence-electron chi connectivity index (χ3n) is 3.35. The fourth-order valence-corrected chi connectivity index (χ4v) is 3.18. The second kappa shape index (κ2) is 5.80. The number of likely N-dealkylation sites (tertiary alicyclic amines) is 1. The minimum Gasteiger partial charge on any atom is -0.480 e. The third kappa shape index (κ3) is 3.10. The van der Waals surface area contributed by atoms with Gasteiger partial charge >= 0.3 is 12.0 Å². The quantitative estimate of drug-likeness (QED) is 0.785. The van der Waals surface area contributed by atoms with E-state index in [4.69, 9.17) is 5.11 Å². The van der Waals surface area contributed by atoms with E-state index in [1.165, 1.54) is 4.90 Å². The first kappa shape index (κ1) is 14.8. The second-order valence-electron chi connectivity index (χ2n) is 5.02. The van der Waals surface area contributed by atoms with E-state index in [9.17, 15) is 14.7 Å². The molecule has 2 amide bonds. The number of aliphatic hydroxyl groups excluding tert-OH is 1. The number of carbonyl (C=O) groups excluding carboxylic acids is 1. The fourth-order valence-electron chi connectivity index (χ4n) is 2.30. The van der Waals surface area contributed by atoms with E-state index in [0.29, 0.717) is 0 Å². The molecule has 1 aliphatic rings. The first-order chi connectivity index (χ1) is 9.38. The largest absolute Gasteiger partial charge is 0.480 e. The van der Waals surface area contributed by atoms with Gasteiger partial charge in [0.1, 0.15) is 6.04 Å². The molecule has 1 aliphatic heterocycles. The first-order valence-corrected chi connectivity index (χ1v) is 7.24. The number of aliphatic hydroxyl groups is 1. The maximum atomic E-state index is 12.1. The average molecular weight is 298 g/mol. The van der Waals surface area contributed by atoms with Gasteiger partial charge in [-0.1, -0.05) is 0 Å². The summed E-state index contributed by atoms with van der Waals surface area (Å²) in [4.78, 5) is 26.6. The van der Waals surface area contributed by atoms with Gasteiger partial charge < -0.3 is 20.4 Å². The number of hydrogen-bond donors (Lipinski definition) is 3. The highest BCUT2D eigenvalue weighted by Crippen LogP contribution is 2.24. The maximum Gasteiger partial charge on any atom is 0.326 e. The summed E-state index contributed by atoms with van der Waals surface area (Å²) in [6.07, 6.45) is -0.698. The van der Waals surface area contributed by atoms with Crippen LogP contribution in [0.4, 0.5) is 4.79 Å². The van der Waals surface area contributed by atoms with Crippen molar-refractivity contribution in [3.05, 3.63) is 21.9 Å². The predicted molar refractivity (Wildman–Crippen MR) is 74.8 cm³/mol. The third-order valence-corrected chi connectivity index (χ3v) is 4.54. The van der Waals surface area contributed by atoms with Crippen LogP contribution in [0, 0.1) is 6.92 Å². The van der Waals surface area contributed by atoms with Crippen LogP contribution in [-0.4, -0.2) is 45.8 Å². The van der Waals surface area contributed by atoms with Gasteiger partial charge in [-0.15, -0.1) is 11.3 Å². The Morgan fingerprint density at radius 3 is 2.75 bits per heavy atom. The lowest BCUT2D eigenvalue weighted by Crippen LogP contribution is -2.46. The molecular weight excluding hydrogens is 280 g/mol. The summed E-state index contributed by atoms with van der Waals surface area (Å²) in [5.74, 6) is -1.09. The molecule has 1 fully saturated rings. The molecule has 0 bridgehead atoms. The Hall–Kier alpha value is -1.60. The van der Waals surface area contributed by atoms with Gasteiger partial charge in [-0.3, -0.25) is 0 Å². The molecule has 2 heterocycles. The van der Waals surface area contributed by atoms with Crippen molar-refractivity contribution in [1.29, 1.82) is 0 Å². The minimum absolute atomic E-state index is 0.0546. The lowest BCUT2D eigenvalue weighted by Gasteiger charge is -2.23. The Bertz CT molecular complexity index is 516. The number of nitrogens with one attached hydrogen (secondary N) is 1. The molecule has 7 heteroatoms. The number of carboxylic acids is 1. The van der Waals surface area contributed by atoms with Crippen molar-refractivity contribution in [1.82, 2.24) is 10.2 Å². The number of amides is 2. The molecule has 3 atom stereocenters. The zero-order valence-electron chi connectivity index (χ0n) is 11.4. The second-order valence-corrected chi connectivity index (χ2v) is 6.33. The van der Waals surface area contributed by atoms with Gasteiger partial charge in [0.05, 0.1) is 12.1 Å². The number of β-amino-alcohol motifs (C(OH)–C–C–N with tert-alkyl or cyclic N) is 1.